The Labute approximate surface area is 105 Å². The lowest BCUT2D eigenvalue weighted by Crippen LogP contribution is -2.35. The van der Waals surface area contributed by atoms with Gasteiger partial charge in [0.1, 0.15) is 5.69 Å². The average Bonchev–Trinajstić information content (AvgIpc) is 2.40. The first-order chi connectivity index (χ1) is 8.66. The van der Waals surface area contributed by atoms with Gasteiger partial charge in [0.15, 0.2) is 0 Å². The third kappa shape index (κ3) is 2.94. The number of carboxylic acids is 1. The van der Waals surface area contributed by atoms with Crippen molar-refractivity contribution in [1.29, 1.82) is 0 Å². The number of amides is 1. The highest BCUT2D eigenvalue weighted by molar-refractivity contribution is 5.93. The van der Waals surface area contributed by atoms with Crippen LogP contribution in [0.2, 0.25) is 0 Å². The van der Waals surface area contributed by atoms with Gasteiger partial charge in [0.2, 0.25) is 0 Å². The van der Waals surface area contributed by atoms with Crippen LogP contribution in [-0.2, 0) is 0 Å². The summed E-state index contributed by atoms with van der Waals surface area (Å²) in [5.74, 6) is -1.31. The molecule has 1 unspecified atom stereocenters. The summed E-state index contributed by atoms with van der Waals surface area (Å²) in [6, 6.07) is 2.95. The maximum atomic E-state index is 11.8. The van der Waals surface area contributed by atoms with Gasteiger partial charge in [-0.3, -0.25) is 9.78 Å². The number of aromatic nitrogens is 1. The Kier molecular flexibility index (Phi) is 3.72. The Morgan fingerprint density at radius 3 is 2.72 bits per heavy atom. The second-order valence-electron chi connectivity index (χ2n) is 4.19. The Morgan fingerprint density at radius 1 is 1.33 bits per heavy atom. The van der Waals surface area contributed by atoms with Crippen molar-refractivity contribution in [3.63, 3.8) is 0 Å². The van der Waals surface area contributed by atoms with Crippen LogP contribution in [-0.4, -0.2) is 28.0 Å². The van der Waals surface area contributed by atoms with Crippen molar-refractivity contribution in [3.8, 4) is 0 Å². The predicted molar refractivity (Wildman–Crippen MR) is 65.4 cm³/mol. The van der Waals surface area contributed by atoms with Crippen LogP contribution < -0.4 is 5.32 Å². The summed E-state index contributed by atoms with van der Waals surface area (Å²) in [7, 11) is 0. The SMILES string of the molecule is O=C(O)c1ccc(C(=O)NC2CC=CCC2)nc1. The van der Waals surface area contributed by atoms with E-state index in [-0.39, 0.29) is 23.2 Å². The van der Waals surface area contributed by atoms with Crippen LogP contribution >= 0.6 is 0 Å². The third-order valence-electron chi connectivity index (χ3n) is 2.85. The number of nitrogens with one attached hydrogen (secondary N) is 1. The number of nitrogens with zero attached hydrogens (tertiary/aromatic N) is 1. The van der Waals surface area contributed by atoms with E-state index < -0.39 is 5.97 Å². The second-order valence-corrected chi connectivity index (χ2v) is 4.19. The summed E-state index contributed by atoms with van der Waals surface area (Å²) in [5, 5.41) is 11.6. The largest absolute Gasteiger partial charge is 0.478 e. The molecule has 1 aromatic rings. The molecule has 2 N–H and O–H groups in total. The standard InChI is InChI=1S/C13H14N2O3/c16-12(15-10-4-2-1-3-5-10)11-7-6-9(8-14-11)13(17)18/h1-2,6-8,10H,3-5H2,(H,15,16)(H,17,18). The number of hydrogen-bond acceptors (Lipinski definition) is 3. The molecule has 0 saturated carbocycles. The van der Waals surface area contributed by atoms with Gasteiger partial charge in [-0.05, 0) is 31.4 Å². The molecule has 0 spiro atoms. The minimum Gasteiger partial charge on any atom is -0.478 e. The normalized spacial score (nSPS) is 18.3. The highest BCUT2D eigenvalue weighted by atomic mass is 16.4. The van der Waals surface area contributed by atoms with Gasteiger partial charge in [0.25, 0.3) is 5.91 Å². The van der Waals surface area contributed by atoms with Gasteiger partial charge in [-0.1, -0.05) is 12.2 Å². The lowest BCUT2D eigenvalue weighted by atomic mass is 10.0. The number of hydrogen-bond donors (Lipinski definition) is 2. The predicted octanol–water partition coefficient (Wildman–Crippen LogP) is 1.62. The highest BCUT2D eigenvalue weighted by Gasteiger charge is 2.15. The number of pyridine rings is 1. The van der Waals surface area contributed by atoms with Crippen LogP contribution in [0.15, 0.2) is 30.5 Å². The Balaban J connectivity index is 2.00. The minimum atomic E-state index is -1.05. The Hall–Kier alpha value is -2.17. The van der Waals surface area contributed by atoms with Crippen molar-refractivity contribution in [2.45, 2.75) is 25.3 Å². The minimum absolute atomic E-state index is 0.0761. The molecule has 94 valence electrons. The van der Waals surface area contributed by atoms with E-state index in [4.69, 9.17) is 5.11 Å². The van der Waals surface area contributed by atoms with Crippen LogP contribution in [0.25, 0.3) is 0 Å². The first-order valence-electron chi connectivity index (χ1n) is 5.82. The van der Waals surface area contributed by atoms with Crippen molar-refractivity contribution in [1.82, 2.24) is 10.3 Å². The number of carbonyl (C=O) groups excluding carboxylic acids is 1. The number of carboxylic acid groups (broad SMARTS) is 1. The number of allylic oxidation sites excluding steroid dienone is 1. The molecule has 18 heavy (non-hydrogen) atoms. The van der Waals surface area contributed by atoms with Crippen LogP contribution in [0.4, 0.5) is 0 Å². The van der Waals surface area contributed by atoms with Crippen molar-refractivity contribution >= 4 is 11.9 Å². The highest BCUT2D eigenvalue weighted by Crippen LogP contribution is 2.11. The molecule has 1 aliphatic carbocycles. The summed E-state index contributed by atoms with van der Waals surface area (Å²) in [4.78, 5) is 26.4. The summed E-state index contributed by atoms with van der Waals surface area (Å²) in [6.45, 7) is 0. The van der Waals surface area contributed by atoms with Crippen molar-refractivity contribution in [3.05, 3.63) is 41.7 Å². The Bertz CT molecular complexity index is 480. The quantitative estimate of drug-likeness (QED) is 0.794. The molecule has 0 saturated heterocycles. The first kappa shape index (κ1) is 12.3. The third-order valence-corrected chi connectivity index (χ3v) is 2.85. The van der Waals surface area contributed by atoms with Crippen LogP contribution in [0, 0.1) is 0 Å². The molecule has 2 rings (SSSR count). The molecule has 1 aliphatic rings. The molecule has 0 fully saturated rings. The van der Waals surface area contributed by atoms with Crippen LogP contribution in [0.5, 0.6) is 0 Å². The van der Waals surface area contributed by atoms with E-state index in [9.17, 15) is 9.59 Å². The number of carbonyl (C=O) groups is 2. The lowest BCUT2D eigenvalue weighted by Gasteiger charge is -2.18. The molecule has 5 heteroatoms. The van der Waals surface area contributed by atoms with Gasteiger partial charge in [-0.15, -0.1) is 0 Å². The zero-order valence-electron chi connectivity index (χ0n) is 9.80. The van der Waals surface area contributed by atoms with E-state index in [2.05, 4.69) is 22.5 Å². The van der Waals surface area contributed by atoms with E-state index in [1.54, 1.807) is 0 Å². The summed E-state index contributed by atoms with van der Waals surface area (Å²) in [6.07, 6.45) is 8.07. The van der Waals surface area contributed by atoms with Gasteiger partial charge in [-0.2, -0.15) is 0 Å². The molecule has 0 radical (unpaired) electrons. The van der Waals surface area contributed by atoms with E-state index in [0.29, 0.717) is 0 Å². The summed E-state index contributed by atoms with van der Waals surface area (Å²) < 4.78 is 0. The molecule has 1 atom stereocenters. The molecular weight excluding hydrogens is 232 g/mol. The van der Waals surface area contributed by atoms with Gasteiger partial charge >= 0.3 is 5.97 Å². The summed E-state index contributed by atoms with van der Waals surface area (Å²) >= 11 is 0. The van der Waals surface area contributed by atoms with Gasteiger partial charge in [0.05, 0.1) is 5.56 Å². The zero-order valence-corrected chi connectivity index (χ0v) is 9.80. The van der Waals surface area contributed by atoms with Crippen LogP contribution in [0.1, 0.15) is 40.1 Å². The molecule has 5 nitrogen and oxygen atoms in total. The molecule has 1 aromatic heterocycles. The molecule has 1 amide bonds. The van der Waals surface area contributed by atoms with E-state index in [1.807, 2.05) is 0 Å². The van der Waals surface area contributed by atoms with Crippen LogP contribution in [0.3, 0.4) is 0 Å². The maximum Gasteiger partial charge on any atom is 0.337 e. The maximum absolute atomic E-state index is 11.8. The van der Waals surface area contributed by atoms with Crippen molar-refractivity contribution in [2.75, 3.05) is 0 Å². The number of aromatic carboxylic acids is 1. The molecule has 0 bridgehead atoms. The van der Waals surface area contributed by atoms with Gasteiger partial charge < -0.3 is 10.4 Å². The average molecular weight is 246 g/mol. The molecular formula is C13H14N2O3. The van der Waals surface area contributed by atoms with Crippen molar-refractivity contribution in [2.24, 2.45) is 0 Å². The molecule has 0 aromatic carbocycles. The van der Waals surface area contributed by atoms with Crippen molar-refractivity contribution < 1.29 is 14.7 Å². The second kappa shape index (κ2) is 5.44. The monoisotopic (exact) mass is 246 g/mol. The van der Waals surface area contributed by atoms with Gasteiger partial charge in [0, 0.05) is 12.2 Å². The fourth-order valence-electron chi connectivity index (χ4n) is 1.84. The first-order valence-corrected chi connectivity index (χ1v) is 5.82. The molecule has 0 aliphatic heterocycles. The smallest absolute Gasteiger partial charge is 0.337 e. The molecule has 1 heterocycles. The summed E-state index contributed by atoms with van der Waals surface area (Å²) in [5.41, 5.74) is 0.321. The van der Waals surface area contributed by atoms with Gasteiger partial charge in [-0.25, -0.2) is 4.79 Å². The number of rotatable bonds is 3. The zero-order chi connectivity index (χ0) is 13.0. The van der Waals surface area contributed by atoms with E-state index in [0.717, 1.165) is 19.3 Å². The fourth-order valence-corrected chi connectivity index (χ4v) is 1.84. The lowest BCUT2D eigenvalue weighted by molar-refractivity contribution is 0.0695. The Morgan fingerprint density at radius 2 is 2.17 bits per heavy atom. The fraction of sp³-hybridized carbons (Fsp3) is 0.308. The topological polar surface area (TPSA) is 79.3 Å². The van der Waals surface area contributed by atoms with E-state index >= 15 is 0 Å². The van der Waals surface area contributed by atoms with E-state index in [1.165, 1.54) is 18.3 Å².